The summed E-state index contributed by atoms with van der Waals surface area (Å²) in [6.07, 6.45) is 1.71. The van der Waals surface area contributed by atoms with Crippen LogP contribution in [-0.4, -0.2) is 20.2 Å². The molecule has 3 rings (SSSR count). The van der Waals surface area contributed by atoms with Crippen LogP contribution in [-0.2, 0) is 0 Å². The highest BCUT2D eigenvalue weighted by molar-refractivity contribution is 6.28. The Hall–Kier alpha value is -1.94. The van der Waals surface area contributed by atoms with E-state index in [-0.39, 0.29) is 5.28 Å². The van der Waals surface area contributed by atoms with E-state index in [4.69, 9.17) is 11.6 Å². The molecule has 4 nitrogen and oxygen atoms in total. The average molecular weight is 245 g/mol. The molecule has 0 bridgehead atoms. The molecule has 0 spiro atoms. The summed E-state index contributed by atoms with van der Waals surface area (Å²) in [6.45, 7) is 2.05. The van der Waals surface area contributed by atoms with E-state index in [0.29, 0.717) is 5.65 Å². The van der Waals surface area contributed by atoms with Crippen molar-refractivity contribution in [2.24, 2.45) is 0 Å². The lowest BCUT2D eigenvalue weighted by Crippen LogP contribution is -1.89. The molecule has 0 fully saturated rings. The van der Waals surface area contributed by atoms with Gasteiger partial charge >= 0.3 is 0 Å². The SMILES string of the molecule is Cc1ccc(-c2nc(Cl)nc3[nH]ncc23)cc1. The van der Waals surface area contributed by atoms with Gasteiger partial charge in [-0.2, -0.15) is 10.1 Å². The summed E-state index contributed by atoms with van der Waals surface area (Å²) in [5, 5.41) is 7.85. The maximum atomic E-state index is 5.89. The fraction of sp³-hybridized carbons (Fsp3) is 0.0833. The molecule has 5 heteroatoms. The van der Waals surface area contributed by atoms with Gasteiger partial charge in [0, 0.05) is 5.56 Å². The van der Waals surface area contributed by atoms with E-state index < -0.39 is 0 Å². The van der Waals surface area contributed by atoms with Crippen LogP contribution in [0.4, 0.5) is 0 Å². The first kappa shape index (κ1) is 10.2. The first-order valence-electron chi connectivity index (χ1n) is 5.18. The van der Waals surface area contributed by atoms with Gasteiger partial charge in [-0.1, -0.05) is 29.8 Å². The topological polar surface area (TPSA) is 54.5 Å². The minimum Gasteiger partial charge on any atom is -0.261 e. The van der Waals surface area contributed by atoms with E-state index in [1.54, 1.807) is 6.20 Å². The van der Waals surface area contributed by atoms with Crippen LogP contribution in [0.2, 0.25) is 5.28 Å². The van der Waals surface area contributed by atoms with Gasteiger partial charge in [-0.05, 0) is 18.5 Å². The minimum atomic E-state index is 0.220. The van der Waals surface area contributed by atoms with Crippen molar-refractivity contribution in [3.05, 3.63) is 41.3 Å². The number of rotatable bonds is 1. The smallest absolute Gasteiger partial charge is 0.224 e. The van der Waals surface area contributed by atoms with Gasteiger partial charge in [0.05, 0.1) is 17.3 Å². The van der Waals surface area contributed by atoms with Crippen molar-refractivity contribution in [3.8, 4) is 11.3 Å². The van der Waals surface area contributed by atoms with Gasteiger partial charge in [0.15, 0.2) is 5.65 Å². The van der Waals surface area contributed by atoms with Crippen molar-refractivity contribution in [2.45, 2.75) is 6.92 Å². The number of aromatic amines is 1. The van der Waals surface area contributed by atoms with Crippen LogP contribution in [0.3, 0.4) is 0 Å². The Labute approximate surface area is 103 Å². The van der Waals surface area contributed by atoms with Gasteiger partial charge in [-0.15, -0.1) is 0 Å². The lowest BCUT2D eigenvalue weighted by atomic mass is 10.1. The lowest BCUT2D eigenvalue weighted by Gasteiger charge is -2.03. The molecule has 0 amide bonds. The molecule has 0 saturated carbocycles. The maximum Gasteiger partial charge on any atom is 0.224 e. The molecule has 1 aromatic carbocycles. The molecule has 0 aliphatic carbocycles. The zero-order valence-electron chi connectivity index (χ0n) is 9.11. The molecule has 3 aromatic rings. The number of halogens is 1. The van der Waals surface area contributed by atoms with Crippen LogP contribution in [0.15, 0.2) is 30.5 Å². The van der Waals surface area contributed by atoms with Crippen molar-refractivity contribution >= 4 is 22.6 Å². The summed E-state index contributed by atoms with van der Waals surface area (Å²) in [4.78, 5) is 8.34. The van der Waals surface area contributed by atoms with Crippen LogP contribution >= 0.6 is 11.6 Å². The molecule has 0 atom stereocenters. The fourth-order valence-electron chi connectivity index (χ4n) is 1.74. The Balaban J connectivity index is 2.28. The van der Waals surface area contributed by atoms with Crippen LogP contribution < -0.4 is 0 Å². The van der Waals surface area contributed by atoms with Crippen LogP contribution in [0.1, 0.15) is 5.56 Å². The van der Waals surface area contributed by atoms with Crippen LogP contribution in [0.5, 0.6) is 0 Å². The van der Waals surface area contributed by atoms with E-state index >= 15 is 0 Å². The first-order chi connectivity index (χ1) is 8.24. The monoisotopic (exact) mass is 244 g/mol. The summed E-state index contributed by atoms with van der Waals surface area (Å²) in [5.74, 6) is 0. The lowest BCUT2D eigenvalue weighted by molar-refractivity contribution is 1.09. The number of hydrogen-bond acceptors (Lipinski definition) is 3. The third-order valence-corrected chi connectivity index (χ3v) is 2.78. The third-order valence-electron chi connectivity index (χ3n) is 2.61. The maximum absolute atomic E-state index is 5.89. The minimum absolute atomic E-state index is 0.220. The Bertz CT molecular complexity index is 673. The predicted octanol–water partition coefficient (Wildman–Crippen LogP) is 2.98. The molecule has 1 N–H and O–H groups in total. The highest BCUT2D eigenvalue weighted by Gasteiger charge is 2.09. The molecule has 84 valence electrons. The normalized spacial score (nSPS) is 10.9. The van der Waals surface area contributed by atoms with Crippen molar-refractivity contribution in [3.63, 3.8) is 0 Å². The largest absolute Gasteiger partial charge is 0.261 e. The summed E-state index contributed by atoms with van der Waals surface area (Å²) < 4.78 is 0. The molecule has 0 aliphatic heterocycles. The summed E-state index contributed by atoms with van der Waals surface area (Å²) in [7, 11) is 0. The molecule has 2 aromatic heterocycles. The molecule has 2 heterocycles. The van der Waals surface area contributed by atoms with Crippen molar-refractivity contribution in [1.82, 2.24) is 20.2 Å². The van der Waals surface area contributed by atoms with E-state index in [1.165, 1.54) is 5.56 Å². The van der Waals surface area contributed by atoms with E-state index in [9.17, 15) is 0 Å². The zero-order chi connectivity index (χ0) is 11.8. The van der Waals surface area contributed by atoms with E-state index in [0.717, 1.165) is 16.6 Å². The van der Waals surface area contributed by atoms with Gasteiger partial charge in [0.2, 0.25) is 5.28 Å². The van der Waals surface area contributed by atoms with Crippen LogP contribution in [0.25, 0.3) is 22.3 Å². The molecular formula is C12H9ClN4. The fourth-order valence-corrected chi connectivity index (χ4v) is 1.91. The van der Waals surface area contributed by atoms with Gasteiger partial charge in [-0.3, -0.25) is 5.10 Å². The number of H-pyrrole nitrogens is 1. The Morgan fingerprint density at radius 2 is 1.88 bits per heavy atom. The number of fused-ring (bicyclic) bond motifs is 1. The Morgan fingerprint density at radius 3 is 2.65 bits per heavy atom. The number of aromatic nitrogens is 4. The summed E-state index contributed by atoms with van der Waals surface area (Å²) in [6, 6.07) is 8.11. The molecule has 0 radical (unpaired) electrons. The second kappa shape index (κ2) is 3.82. The number of benzene rings is 1. The molecular weight excluding hydrogens is 236 g/mol. The Kier molecular flexibility index (Phi) is 2.30. The van der Waals surface area contributed by atoms with Crippen molar-refractivity contribution in [2.75, 3.05) is 0 Å². The van der Waals surface area contributed by atoms with Crippen molar-refractivity contribution in [1.29, 1.82) is 0 Å². The second-order valence-corrected chi connectivity index (χ2v) is 4.18. The first-order valence-corrected chi connectivity index (χ1v) is 5.55. The standard InChI is InChI=1S/C12H9ClN4/c1-7-2-4-8(5-3-7)10-9-6-14-17-11(9)16-12(13)15-10/h2-6H,1H3,(H,14,15,16,17). The number of nitrogens with zero attached hydrogens (tertiary/aromatic N) is 3. The molecule has 17 heavy (non-hydrogen) atoms. The molecule has 0 aliphatic rings. The van der Waals surface area contributed by atoms with Gasteiger partial charge in [0.25, 0.3) is 0 Å². The highest BCUT2D eigenvalue weighted by Crippen LogP contribution is 2.26. The summed E-state index contributed by atoms with van der Waals surface area (Å²) in [5.41, 5.74) is 3.66. The second-order valence-electron chi connectivity index (χ2n) is 3.84. The average Bonchev–Trinajstić information content (AvgIpc) is 2.77. The quantitative estimate of drug-likeness (QED) is 0.670. The number of nitrogens with one attached hydrogen (secondary N) is 1. The highest BCUT2D eigenvalue weighted by atomic mass is 35.5. The number of aryl methyl sites for hydroxylation is 1. The summed E-state index contributed by atoms with van der Waals surface area (Å²) >= 11 is 5.89. The van der Waals surface area contributed by atoms with Crippen molar-refractivity contribution < 1.29 is 0 Å². The van der Waals surface area contributed by atoms with E-state index in [1.807, 2.05) is 31.2 Å². The predicted molar refractivity (Wildman–Crippen MR) is 66.9 cm³/mol. The van der Waals surface area contributed by atoms with Gasteiger partial charge < -0.3 is 0 Å². The van der Waals surface area contributed by atoms with E-state index in [2.05, 4.69) is 20.2 Å². The van der Waals surface area contributed by atoms with Gasteiger partial charge in [-0.25, -0.2) is 4.98 Å². The van der Waals surface area contributed by atoms with Crippen LogP contribution in [0, 0.1) is 6.92 Å². The molecule has 0 saturated heterocycles. The molecule has 0 unspecified atom stereocenters. The zero-order valence-corrected chi connectivity index (χ0v) is 9.86. The number of hydrogen-bond donors (Lipinski definition) is 1. The Morgan fingerprint density at radius 1 is 1.12 bits per heavy atom. The van der Waals surface area contributed by atoms with Gasteiger partial charge in [0.1, 0.15) is 0 Å². The third kappa shape index (κ3) is 1.76.